The summed E-state index contributed by atoms with van der Waals surface area (Å²) >= 11 is 0. The van der Waals surface area contributed by atoms with Crippen LogP contribution in [0.4, 0.5) is 4.79 Å². The SMILES string of the molecule is Cc1[nH]c(=O)[nH]c1C(=O)N1CC[C@@H]2NC(=O)OC[C@H]2C1. The highest BCUT2D eigenvalue weighted by Gasteiger charge is 2.37. The van der Waals surface area contributed by atoms with Gasteiger partial charge in [-0.25, -0.2) is 9.59 Å². The van der Waals surface area contributed by atoms with E-state index in [2.05, 4.69) is 15.3 Å². The van der Waals surface area contributed by atoms with E-state index in [1.165, 1.54) is 0 Å². The first-order valence-corrected chi connectivity index (χ1v) is 6.56. The highest BCUT2D eigenvalue weighted by atomic mass is 16.6. The molecule has 2 atom stereocenters. The van der Waals surface area contributed by atoms with Crippen molar-refractivity contribution >= 4 is 12.0 Å². The van der Waals surface area contributed by atoms with E-state index < -0.39 is 6.09 Å². The smallest absolute Gasteiger partial charge is 0.407 e. The van der Waals surface area contributed by atoms with Crippen LogP contribution in [0.5, 0.6) is 0 Å². The molecule has 2 aliphatic rings. The third-order valence-corrected chi connectivity index (χ3v) is 3.88. The van der Waals surface area contributed by atoms with E-state index in [9.17, 15) is 14.4 Å². The predicted molar refractivity (Wildman–Crippen MR) is 68.4 cm³/mol. The first-order chi connectivity index (χ1) is 9.54. The summed E-state index contributed by atoms with van der Waals surface area (Å²) < 4.78 is 4.96. The number of amides is 2. The number of aryl methyl sites for hydroxylation is 1. The number of piperidine rings is 1. The molecule has 20 heavy (non-hydrogen) atoms. The van der Waals surface area contributed by atoms with E-state index in [0.717, 1.165) is 0 Å². The van der Waals surface area contributed by atoms with Crippen LogP contribution in [0.3, 0.4) is 0 Å². The van der Waals surface area contributed by atoms with Crippen molar-refractivity contribution in [3.05, 3.63) is 21.9 Å². The largest absolute Gasteiger partial charge is 0.449 e. The molecule has 8 heteroatoms. The lowest BCUT2D eigenvalue weighted by molar-refractivity contribution is 0.0321. The Morgan fingerprint density at radius 1 is 1.35 bits per heavy atom. The number of nitrogens with one attached hydrogen (secondary N) is 3. The van der Waals surface area contributed by atoms with Crippen LogP contribution in [0.15, 0.2) is 4.79 Å². The standard InChI is InChI=1S/C12H16N4O4/c1-6-9(15-11(18)13-6)10(17)16-3-2-8-7(4-16)5-20-12(19)14-8/h7-8H,2-5H2,1H3,(H,14,19)(H2,13,15,18)/t7-,8+/m1/s1. The molecule has 0 unspecified atom stereocenters. The van der Waals surface area contributed by atoms with Gasteiger partial charge in [-0.15, -0.1) is 0 Å². The minimum Gasteiger partial charge on any atom is -0.449 e. The first-order valence-electron chi connectivity index (χ1n) is 6.56. The second-order valence-electron chi connectivity index (χ2n) is 5.23. The Morgan fingerprint density at radius 2 is 2.15 bits per heavy atom. The number of carbonyl (C=O) groups excluding carboxylic acids is 2. The molecule has 3 rings (SSSR count). The summed E-state index contributed by atoms with van der Waals surface area (Å²) in [5, 5.41) is 2.77. The van der Waals surface area contributed by atoms with Gasteiger partial charge in [0.2, 0.25) is 0 Å². The number of likely N-dealkylation sites (tertiary alicyclic amines) is 1. The Hall–Kier alpha value is -2.25. The normalized spacial score (nSPS) is 25.6. The zero-order chi connectivity index (χ0) is 14.3. The van der Waals surface area contributed by atoms with E-state index in [4.69, 9.17) is 4.74 Å². The summed E-state index contributed by atoms with van der Waals surface area (Å²) in [5.41, 5.74) is 0.457. The minimum absolute atomic E-state index is 0.0617. The third-order valence-electron chi connectivity index (χ3n) is 3.88. The number of hydrogen-bond acceptors (Lipinski definition) is 4. The fourth-order valence-corrected chi connectivity index (χ4v) is 2.79. The Balaban J connectivity index is 1.73. The lowest BCUT2D eigenvalue weighted by Gasteiger charge is -2.40. The molecule has 0 aliphatic carbocycles. The Morgan fingerprint density at radius 3 is 2.85 bits per heavy atom. The van der Waals surface area contributed by atoms with Gasteiger partial charge in [-0.2, -0.15) is 0 Å². The van der Waals surface area contributed by atoms with Gasteiger partial charge in [0.15, 0.2) is 0 Å². The average molecular weight is 280 g/mol. The van der Waals surface area contributed by atoms with Crippen molar-refractivity contribution in [1.82, 2.24) is 20.2 Å². The van der Waals surface area contributed by atoms with Gasteiger partial charge in [0, 0.05) is 30.7 Å². The molecule has 3 N–H and O–H groups in total. The number of aromatic nitrogens is 2. The molecule has 2 fully saturated rings. The molecule has 0 spiro atoms. The second-order valence-corrected chi connectivity index (χ2v) is 5.23. The highest BCUT2D eigenvalue weighted by Crippen LogP contribution is 2.22. The van der Waals surface area contributed by atoms with E-state index in [-0.39, 0.29) is 23.6 Å². The summed E-state index contributed by atoms with van der Waals surface area (Å²) in [6.45, 7) is 3.06. The maximum absolute atomic E-state index is 12.4. The topological polar surface area (TPSA) is 107 Å². The molecule has 108 valence electrons. The third kappa shape index (κ3) is 2.17. The van der Waals surface area contributed by atoms with Crippen LogP contribution in [0.1, 0.15) is 22.6 Å². The van der Waals surface area contributed by atoms with Crippen LogP contribution >= 0.6 is 0 Å². The lowest BCUT2D eigenvalue weighted by Crippen LogP contribution is -2.57. The van der Waals surface area contributed by atoms with Crippen molar-refractivity contribution in [3.63, 3.8) is 0 Å². The number of rotatable bonds is 1. The Bertz CT molecular complexity index is 605. The van der Waals surface area contributed by atoms with E-state index in [1.807, 2.05) is 0 Å². The maximum atomic E-state index is 12.4. The monoisotopic (exact) mass is 280 g/mol. The zero-order valence-corrected chi connectivity index (χ0v) is 11.1. The molecule has 2 saturated heterocycles. The average Bonchev–Trinajstić information content (AvgIpc) is 2.76. The van der Waals surface area contributed by atoms with Crippen molar-refractivity contribution in [1.29, 1.82) is 0 Å². The van der Waals surface area contributed by atoms with Gasteiger partial charge in [-0.1, -0.05) is 0 Å². The number of imidazole rings is 1. The van der Waals surface area contributed by atoms with Gasteiger partial charge in [0.1, 0.15) is 5.69 Å². The Labute approximate surface area is 114 Å². The van der Waals surface area contributed by atoms with Gasteiger partial charge < -0.3 is 24.9 Å². The molecular formula is C12H16N4O4. The van der Waals surface area contributed by atoms with Gasteiger partial charge in [0.05, 0.1) is 6.61 Å². The molecule has 0 bridgehead atoms. The van der Waals surface area contributed by atoms with E-state index in [0.29, 0.717) is 37.5 Å². The van der Waals surface area contributed by atoms with Crippen LogP contribution in [0, 0.1) is 12.8 Å². The summed E-state index contributed by atoms with van der Waals surface area (Å²) in [5.74, 6) is -0.104. The summed E-state index contributed by atoms with van der Waals surface area (Å²) in [6.07, 6.45) is 0.302. The number of carbonyl (C=O) groups is 2. The number of H-pyrrole nitrogens is 2. The van der Waals surface area contributed by atoms with Gasteiger partial charge >= 0.3 is 11.8 Å². The maximum Gasteiger partial charge on any atom is 0.407 e. The zero-order valence-electron chi connectivity index (χ0n) is 11.1. The molecule has 2 aliphatic heterocycles. The van der Waals surface area contributed by atoms with Crippen molar-refractivity contribution in [2.75, 3.05) is 19.7 Å². The summed E-state index contributed by atoms with van der Waals surface area (Å²) in [4.78, 5) is 41.5. The van der Waals surface area contributed by atoms with Crippen molar-refractivity contribution < 1.29 is 14.3 Å². The summed E-state index contributed by atoms with van der Waals surface area (Å²) in [7, 11) is 0. The number of hydrogen-bond donors (Lipinski definition) is 3. The molecule has 3 heterocycles. The van der Waals surface area contributed by atoms with Crippen LogP contribution < -0.4 is 11.0 Å². The quantitative estimate of drug-likeness (QED) is 0.649. The van der Waals surface area contributed by atoms with Crippen LogP contribution in [0.25, 0.3) is 0 Å². The molecule has 1 aromatic rings. The number of ether oxygens (including phenoxy) is 1. The fraction of sp³-hybridized carbons (Fsp3) is 0.583. The number of cyclic esters (lactones) is 1. The summed E-state index contributed by atoms with van der Waals surface area (Å²) in [6, 6.07) is 0.0617. The van der Waals surface area contributed by atoms with E-state index in [1.54, 1.807) is 11.8 Å². The lowest BCUT2D eigenvalue weighted by atomic mass is 9.92. The molecule has 1 aromatic heterocycles. The number of aromatic amines is 2. The van der Waals surface area contributed by atoms with Crippen LogP contribution in [-0.4, -0.2) is 52.6 Å². The highest BCUT2D eigenvalue weighted by molar-refractivity contribution is 5.93. The molecule has 2 amide bonds. The fourth-order valence-electron chi connectivity index (χ4n) is 2.79. The minimum atomic E-state index is -0.392. The number of nitrogens with zero attached hydrogens (tertiary/aromatic N) is 1. The van der Waals surface area contributed by atoms with Crippen molar-refractivity contribution in [2.45, 2.75) is 19.4 Å². The van der Waals surface area contributed by atoms with E-state index >= 15 is 0 Å². The molecule has 0 saturated carbocycles. The van der Waals surface area contributed by atoms with Gasteiger partial charge in [-0.05, 0) is 13.3 Å². The van der Waals surface area contributed by atoms with Crippen LogP contribution in [0.2, 0.25) is 0 Å². The van der Waals surface area contributed by atoms with Gasteiger partial charge in [0.25, 0.3) is 5.91 Å². The Kier molecular flexibility index (Phi) is 3.00. The van der Waals surface area contributed by atoms with Crippen molar-refractivity contribution in [3.8, 4) is 0 Å². The molecule has 0 radical (unpaired) electrons. The molecule has 8 nitrogen and oxygen atoms in total. The second kappa shape index (κ2) is 4.69. The van der Waals surface area contributed by atoms with Crippen molar-refractivity contribution in [2.24, 2.45) is 5.92 Å². The number of fused-ring (bicyclic) bond motifs is 1. The van der Waals surface area contributed by atoms with Crippen LogP contribution in [-0.2, 0) is 4.74 Å². The molecule has 0 aromatic carbocycles. The molecular weight excluding hydrogens is 264 g/mol. The predicted octanol–water partition coefficient (Wildman–Crippen LogP) is -0.418. The first kappa shape index (κ1) is 12.8. The van der Waals surface area contributed by atoms with Gasteiger partial charge in [-0.3, -0.25) is 4.79 Å². The number of alkyl carbamates (subject to hydrolysis) is 1.